The van der Waals surface area contributed by atoms with Crippen molar-refractivity contribution in [3.05, 3.63) is 39.9 Å². The molecule has 0 spiro atoms. The molecule has 1 unspecified atom stereocenters. The SMILES string of the molecule is CC1CCN(Cc2ccccc2[N+](=O)[O-])S(=O)(=O)C1. The summed E-state index contributed by atoms with van der Waals surface area (Å²) in [7, 11) is -3.30. The Kier molecular flexibility index (Phi) is 3.86. The second kappa shape index (κ2) is 5.26. The van der Waals surface area contributed by atoms with Gasteiger partial charge in [0.15, 0.2) is 0 Å². The molecular formula is C12H16N2O4S. The average Bonchev–Trinajstić information content (AvgIpc) is 2.32. The Bertz CT molecular complexity index is 585. The molecule has 0 aromatic heterocycles. The Hall–Kier alpha value is -1.47. The fourth-order valence-electron chi connectivity index (χ4n) is 2.24. The van der Waals surface area contributed by atoms with Gasteiger partial charge in [0, 0.05) is 24.7 Å². The van der Waals surface area contributed by atoms with Crippen molar-refractivity contribution in [1.29, 1.82) is 0 Å². The monoisotopic (exact) mass is 284 g/mol. The van der Waals surface area contributed by atoms with E-state index in [9.17, 15) is 18.5 Å². The quantitative estimate of drug-likeness (QED) is 0.625. The van der Waals surface area contributed by atoms with E-state index in [1.165, 1.54) is 10.4 Å². The lowest BCUT2D eigenvalue weighted by Crippen LogP contribution is -2.40. The first kappa shape index (κ1) is 14.0. The topological polar surface area (TPSA) is 80.5 Å². The van der Waals surface area contributed by atoms with Crippen molar-refractivity contribution in [3.63, 3.8) is 0 Å². The van der Waals surface area contributed by atoms with Crippen LogP contribution in [-0.4, -0.2) is 29.9 Å². The summed E-state index contributed by atoms with van der Waals surface area (Å²) in [5.41, 5.74) is 0.405. The van der Waals surface area contributed by atoms with Gasteiger partial charge < -0.3 is 0 Å². The number of nitrogens with zero attached hydrogens (tertiary/aromatic N) is 2. The Labute approximate surface area is 112 Å². The van der Waals surface area contributed by atoms with Crippen molar-refractivity contribution in [2.45, 2.75) is 19.9 Å². The zero-order valence-corrected chi connectivity index (χ0v) is 11.5. The van der Waals surface area contributed by atoms with Crippen LogP contribution in [0.2, 0.25) is 0 Å². The molecule has 0 N–H and O–H groups in total. The van der Waals surface area contributed by atoms with E-state index in [2.05, 4.69) is 0 Å². The first-order valence-electron chi connectivity index (χ1n) is 6.10. The molecular weight excluding hydrogens is 268 g/mol. The summed E-state index contributed by atoms with van der Waals surface area (Å²) in [6.45, 7) is 2.40. The number of rotatable bonds is 3. The molecule has 1 aromatic rings. The van der Waals surface area contributed by atoms with Crippen molar-refractivity contribution in [2.75, 3.05) is 12.3 Å². The van der Waals surface area contributed by atoms with E-state index in [0.717, 1.165) is 6.42 Å². The molecule has 6 nitrogen and oxygen atoms in total. The Morgan fingerprint density at radius 3 is 2.74 bits per heavy atom. The minimum Gasteiger partial charge on any atom is -0.258 e. The smallest absolute Gasteiger partial charge is 0.258 e. The second-order valence-corrected chi connectivity index (χ2v) is 6.91. The molecule has 1 aliphatic rings. The van der Waals surface area contributed by atoms with Gasteiger partial charge >= 0.3 is 0 Å². The summed E-state index contributed by atoms with van der Waals surface area (Å²) in [4.78, 5) is 10.4. The van der Waals surface area contributed by atoms with Crippen LogP contribution in [0.25, 0.3) is 0 Å². The minimum atomic E-state index is -3.30. The molecule has 1 atom stereocenters. The van der Waals surface area contributed by atoms with Gasteiger partial charge in [-0.25, -0.2) is 8.42 Å². The van der Waals surface area contributed by atoms with Gasteiger partial charge in [-0.2, -0.15) is 4.31 Å². The van der Waals surface area contributed by atoms with Gasteiger partial charge in [0.05, 0.1) is 10.7 Å². The predicted octanol–water partition coefficient (Wildman–Crippen LogP) is 1.77. The number of benzene rings is 1. The van der Waals surface area contributed by atoms with Crippen molar-refractivity contribution in [2.24, 2.45) is 5.92 Å². The van der Waals surface area contributed by atoms with Crippen LogP contribution < -0.4 is 0 Å². The molecule has 2 rings (SSSR count). The van der Waals surface area contributed by atoms with Gasteiger partial charge in [-0.1, -0.05) is 25.1 Å². The Morgan fingerprint density at radius 2 is 2.11 bits per heavy atom. The molecule has 1 fully saturated rings. The maximum atomic E-state index is 12.0. The van der Waals surface area contributed by atoms with Crippen LogP contribution in [0.5, 0.6) is 0 Å². The molecule has 1 aromatic carbocycles. The van der Waals surface area contributed by atoms with Crippen molar-refractivity contribution in [3.8, 4) is 0 Å². The molecule has 104 valence electrons. The summed E-state index contributed by atoms with van der Waals surface area (Å²) >= 11 is 0. The van der Waals surface area contributed by atoms with Crippen molar-refractivity contribution in [1.82, 2.24) is 4.31 Å². The van der Waals surface area contributed by atoms with E-state index in [-0.39, 0.29) is 23.9 Å². The van der Waals surface area contributed by atoms with E-state index in [0.29, 0.717) is 12.1 Å². The summed E-state index contributed by atoms with van der Waals surface area (Å²) in [5, 5.41) is 10.9. The van der Waals surface area contributed by atoms with Crippen molar-refractivity contribution >= 4 is 15.7 Å². The van der Waals surface area contributed by atoms with Crippen LogP contribution in [-0.2, 0) is 16.6 Å². The fraction of sp³-hybridized carbons (Fsp3) is 0.500. The second-order valence-electron chi connectivity index (χ2n) is 4.89. The molecule has 0 radical (unpaired) electrons. The largest absolute Gasteiger partial charge is 0.273 e. The van der Waals surface area contributed by atoms with Gasteiger partial charge in [0.25, 0.3) is 5.69 Å². The van der Waals surface area contributed by atoms with E-state index in [1.54, 1.807) is 18.2 Å². The van der Waals surface area contributed by atoms with E-state index < -0.39 is 14.9 Å². The van der Waals surface area contributed by atoms with Gasteiger partial charge in [-0.15, -0.1) is 0 Å². The average molecular weight is 284 g/mol. The number of nitro groups is 1. The van der Waals surface area contributed by atoms with Gasteiger partial charge in [-0.3, -0.25) is 10.1 Å². The molecule has 1 aliphatic heterocycles. The molecule has 0 amide bonds. The van der Waals surface area contributed by atoms with Gasteiger partial charge in [-0.05, 0) is 12.3 Å². The first-order chi connectivity index (χ1) is 8.90. The number of sulfonamides is 1. The van der Waals surface area contributed by atoms with Gasteiger partial charge in [0.2, 0.25) is 10.0 Å². The van der Waals surface area contributed by atoms with Crippen LogP contribution in [0, 0.1) is 16.0 Å². The third-order valence-corrected chi connectivity index (χ3v) is 5.38. The van der Waals surface area contributed by atoms with E-state index >= 15 is 0 Å². The highest BCUT2D eigenvalue weighted by molar-refractivity contribution is 7.89. The van der Waals surface area contributed by atoms with E-state index in [4.69, 9.17) is 0 Å². The van der Waals surface area contributed by atoms with Crippen LogP contribution in [0.4, 0.5) is 5.69 Å². The molecule has 1 heterocycles. The maximum absolute atomic E-state index is 12.0. The normalized spacial score (nSPS) is 23.1. The Balaban J connectivity index is 2.24. The summed E-state index contributed by atoms with van der Waals surface area (Å²) < 4.78 is 25.4. The van der Waals surface area contributed by atoms with Crippen LogP contribution >= 0.6 is 0 Å². The summed E-state index contributed by atoms with van der Waals surface area (Å²) in [6.07, 6.45) is 0.792. The zero-order chi connectivity index (χ0) is 14.0. The highest BCUT2D eigenvalue weighted by Crippen LogP contribution is 2.25. The highest BCUT2D eigenvalue weighted by Gasteiger charge is 2.31. The molecule has 19 heavy (non-hydrogen) atoms. The third-order valence-electron chi connectivity index (χ3n) is 3.29. The fourth-order valence-corrected chi connectivity index (χ4v) is 4.06. The summed E-state index contributed by atoms with van der Waals surface area (Å²) in [6, 6.07) is 6.26. The van der Waals surface area contributed by atoms with Crippen LogP contribution in [0.1, 0.15) is 18.9 Å². The van der Waals surface area contributed by atoms with E-state index in [1.807, 2.05) is 6.92 Å². The standard InChI is InChI=1S/C12H16N2O4S/c1-10-6-7-13(19(17,18)9-10)8-11-4-2-3-5-12(11)14(15)16/h2-5,10H,6-9H2,1H3. The minimum absolute atomic E-state index is 0.0312. The van der Waals surface area contributed by atoms with Gasteiger partial charge in [0.1, 0.15) is 0 Å². The molecule has 0 bridgehead atoms. The molecule has 0 aliphatic carbocycles. The Morgan fingerprint density at radius 1 is 1.42 bits per heavy atom. The predicted molar refractivity (Wildman–Crippen MR) is 71.1 cm³/mol. The van der Waals surface area contributed by atoms with Crippen LogP contribution in [0.15, 0.2) is 24.3 Å². The van der Waals surface area contributed by atoms with Crippen molar-refractivity contribution < 1.29 is 13.3 Å². The lowest BCUT2D eigenvalue weighted by Gasteiger charge is -2.29. The lowest BCUT2D eigenvalue weighted by molar-refractivity contribution is -0.385. The molecule has 7 heteroatoms. The summed E-state index contributed by atoms with van der Waals surface area (Å²) in [5.74, 6) is 0.264. The lowest BCUT2D eigenvalue weighted by atomic mass is 10.1. The number of nitro benzene ring substituents is 1. The molecule has 1 saturated heterocycles. The highest BCUT2D eigenvalue weighted by atomic mass is 32.2. The maximum Gasteiger partial charge on any atom is 0.273 e. The van der Waals surface area contributed by atoms with Crippen LogP contribution in [0.3, 0.4) is 0 Å². The number of para-hydroxylation sites is 1. The number of hydrogen-bond acceptors (Lipinski definition) is 4. The third kappa shape index (κ3) is 3.10. The zero-order valence-electron chi connectivity index (χ0n) is 10.7. The first-order valence-corrected chi connectivity index (χ1v) is 7.71. The number of hydrogen-bond donors (Lipinski definition) is 0. The molecule has 0 saturated carbocycles.